The van der Waals surface area contributed by atoms with Crippen molar-refractivity contribution in [2.75, 3.05) is 25.0 Å². The first-order valence-electron chi connectivity index (χ1n) is 7.63. The number of hydrogen-bond acceptors (Lipinski definition) is 4. The summed E-state index contributed by atoms with van der Waals surface area (Å²) in [5.74, 6) is 0. The lowest BCUT2D eigenvalue weighted by Crippen LogP contribution is -2.33. The summed E-state index contributed by atoms with van der Waals surface area (Å²) in [6.45, 7) is 6.48. The van der Waals surface area contributed by atoms with E-state index in [-0.39, 0.29) is 5.41 Å². The molecular weight excluding hydrogens is 314 g/mol. The fraction of sp³-hybridized carbons (Fsp3) is 0.471. The quantitative estimate of drug-likeness (QED) is 0.885. The molecule has 0 saturated carbocycles. The molecule has 1 aliphatic heterocycles. The zero-order chi connectivity index (χ0) is 15.7. The molecule has 2 aromatic rings. The van der Waals surface area contributed by atoms with Gasteiger partial charge in [-0.1, -0.05) is 31.5 Å². The summed E-state index contributed by atoms with van der Waals surface area (Å²) in [6, 6.07) is 6.80. The summed E-state index contributed by atoms with van der Waals surface area (Å²) in [4.78, 5) is 8.51. The number of pyridine rings is 1. The topological polar surface area (TPSA) is 28.2 Å². The lowest BCUT2D eigenvalue weighted by molar-refractivity contribution is 0.494. The summed E-state index contributed by atoms with van der Waals surface area (Å²) in [7, 11) is 2.01. The monoisotopic (exact) mass is 335 g/mol. The Morgan fingerprint density at radius 2 is 2.32 bits per heavy atom. The third-order valence-corrected chi connectivity index (χ3v) is 5.45. The standard InChI is InChI=1S/C17H22ClN3S/c1-17(2)11-21(14-9-12(18)10-20-16(14)17)13(6-7-19-3)15-5-4-8-22-15/h4-5,8-10,13,19H,6-7,11H2,1-3H3/t13-/m1/s1. The van der Waals surface area contributed by atoms with Crippen LogP contribution in [0.15, 0.2) is 29.8 Å². The largest absolute Gasteiger partial charge is 0.361 e. The first-order chi connectivity index (χ1) is 10.5. The first-order valence-corrected chi connectivity index (χ1v) is 8.89. The van der Waals surface area contributed by atoms with Gasteiger partial charge in [0.05, 0.1) is 22.4 Å². The van der Waals surface area contributed by atoms with E-state index in [1.807, 2.05) is 18.4 Å². The number of rotatable bonds is 5. The van der Waals surface area contributed by atoms with Crippen LogP contribution in [0.3, 0.4) is 0 Å². The van der Waals surface area contributed by atoms with Crippen molar-refractivity contribution in [1.82, 2.24) is 10.3 Å². The van der Waals surface area contributed by atoms with Gasteiger partial charge in [0.25, 0.3) is 0 Å². The molecule has 0 aromatic carbocycles. The Labute approximate surface area is 141 Å². The van der Waals surface area contributed by atoms with E-state index in [0.717, 1.165) is 25.2 Å². The fourth-order valence-corrected chi connectivity index (χ4v) is 4.27. The molecular formula is C17H22ClN3S. The third-order valence-electron chi connectivity index (χ3n) is 4.27. The van der Waals surface area contributed by atoms with E-state index < -0.39 is 0 Å². The van der Waals surface area contributed by atoms with Gasteiger partial charge in [0, 0.05) is 23.0 Å². The highest BCUT2D eigenvalue weighted by Gasteiger charge is 2.40. The van der Waals surface area contributed by atoms with Gasteiger partial charge >= 0.3 is 0 Å². The van der Waals surface area contributed by atoms with Gasteiger partial charge in [-0.2, -0.15) is 0 Å². The molecule has 2 aromatic heterocycles. The second-order valence-corrected chi connectivity index (χ2v) is 7.87. The molecule has 22 heavy (non-hydrogen) atoms. The van der Waals surface area contributed by atoms with E-state index in [9.17, 15) is 0 Å². The zero-order valence-corrected chi connectivity index (χ0v) is 14.8. The molecule has 1 aliphatic rings. The van der Waals surface area contributed by atoms with Crippen molar-refractivity contribution in [3.63, 3.8) is 0 Å². The molecule has 5 heteroatoms. The predicted molar refractivity (Wildman–Crippen MR) is 95.2 cm³/mol. The van der Waals surface area contributed by atoms with Gasteiger partial charge < -0.3 is 10.2 Å². The number of aromatic nitrogens is 1. The number of nitrogens with one attached hydrogen (secondary N) is 1. The van der Waals surface area contributed by atoms with Crippen LogP contribution in [0, 0.1) is 0 Å². The number of halogens is 1. The van der Waals surface area contributed by atoms with Gasteiger partial charge in [-0.3, -0.25) is 4.98 Å². The van der Waals surface area contributed by atoms with E-state index in [4.69, 9.17) is 11.6 Å². The molecule has 118 valence electrons. The van der Waals surface area contributed by atoms with Crippen molar-refractivity contribution < 1.29 is 0 Å². The lowest BCUT2D eigenvalue weighted by atomic mass is 9.91. The molecule has 0 bridgehead atoms. The van der Waals surface area contributed by atoms with Crippen molar-refractivity contribution in [3.05, 3.63) is 45.4 Å². The summed E-state index contributed by atoms with van der Waals surface area (Å²) < 4.78 is 0. The summed E-state index contributed by atoms with van der Waals surface area (Å²) in [5.41, 5.74) is 2.39. The highest BCUT2D eigenvalue weighted by atomic mass is 35.5. The fourth-order valence-electron chi connectivity index (χ4n) is 3.25. The molecule has 0 spiro atoms. The zero-order valence-electron chi connectivity index (χ0n) is 13.3. The molecule has 3 nitrogen and oxygen atoms in total. The Morgan fingerprint density at radius 3 is 3.00 bits per heavy atom. The van der Waals surface area contributed by atoms with Gasteiger partial charge in [-0.15, -0.1) is 11.3 Å². The van der Waals surface area contributed by atoms with E-state index in [1.165, 1.54) is 10.6 Å². The Bertz CT molecular complexity index is 639. The lowest BCUT2D eigenvalue weighted by Gasteiger charge is -2.31. The second kappa shape index (κ2) is 6.19. The SMILES string of the molecule is CNCC[C@H](c1cccs1)N1CC(C)(C)c2ncc(Cl)cc21. The molecule has 1 atom stereocenters. The minimum Gasteiger partial charge on any atom is -0.361 e. The average Bonchev–Trinajstić information content (AvgIpc) is 3.07. The molecule has 3 heterocycles. The van der Waals surface area contributed by atoms with Gasteiger partial charge in [-0.25, -0.2) is 0 Å². The Morgan fingerprint density at radius 1 is 1.50 bits per heavy atom. The van der Waals surface area contributed by atoms with E-state index in [2.05, 4.69) is 52.6 Å². The summed E-state index contributed by atoms with van der Waals surface area (Å²) in [5, 5.41) is 6.14. The van der Waals surface area contributed by atoms with Crippen LogP contribution in [0.25, 0.3) is 0 Å². The number of nitrogens with zero attached hydrogens (tertiary/aromatic N) is 2. The third kappa shape index (κ3) is 2.87. The van der Waals surface area contributed by atoms with Gasteiger partial charge in [-0.05, 0) is 37.5 Å². The molecule has 0 fully saturated rings. The Hall–Kier alpha value is -1.10. The first kappa shape index (κ1) is 15.8. The van der Waals surface area contributed by atoms with Gasteiger partial charge in [0.15, 0.2) is 0 Å². The van der Waals surface area contributed by atoms with E-state index in [1.54, 1.807) is 6.20 Å². The van der Waals surface area contributed by atoms with Crippen molar-refractivity contribution in [3.8, 4) is 0 Å². The summed E-state index contributed by atoms with van der Waals surface area (Å²) >= 11 is 8.04. The van der Waals surface area contributed by atoms with Crippen molar-refractivity contribution in [2.45, 2.75) is 31.7 Å². The van der Waals surface area contributed by atoms with E-state index in [0.29, 0.717) is 11.1 Å². The van der Waals surface area contributed by atoms with Crippen LogP contribution in [0.1, 0.15) is 36.9 Å². The van der Waals surface area contributed by atoms with E-state index >= 15 is 0 Å². The smallest absolute Gasteiger partial charge is 0.0711 e. The maximum Gasteiger partial charge on any atom is 0.0711 e. The molecule has 0 amide bonds. The minimum atomic E-state index is 0.0507. The second-order valence-electron chi connectivity index (χ2n) is 6.46. The van der Waals surface area contributed by atoms with Crippen LogP contribution in [0.4, 0.5) is 5.69 Å². The highest BCUT2D eigenvalue weighted by Crippen LogP contribution is 2.45. The number of anilines is 1. The van der Waals surface area contributed by atoms with Gasteiger partial charge in [0.1, 0.15) is 0 Å². The minimum absolute atomic E-state index is 0.0507. The number of fused-ring (bicyclic) bond motifs is 1. The van der Waals surface area contributed by atoms with Crippen molar-refractivity contribution in [1.29, 1.82) is 0 Å². The van der Waals surface area contributed by atoms with Crippen LogP contribution in [-0.2, 0) is 5.41 Å². The predicted octanol–water partition coefficient (Wildman–Crippen LogP) is 4.24. The maximum absolute atomic E-state index is 6.22. The van der Waals surface area contributed by atoms with Crippen LogP contribution in [0.5, 0.6) is 0 Å². The van der Waals surface area contributed by atoms with Crippen molar-refractivity contribution >= 4 is 28.6 Å². The maximum atomic E-state index is 6.22. The average molecular weight is 336 g/mol. The van der Waals surface area contributed by atoms with Crippen LogP contribution >= 0.6 is 22.9 Å². The molecule has 1 N–H and O–H groups in total. The van der Waals surface area contributed by atoms with Crippen molar-refractivity contribution in [2.24, 2.45) is 0 Å². The van der Waals surface area contributed by atoms with Crippen LogP contribution < -0.4 is 10.2 Å². The summed E-state index contributed by atoms with van der Waals surface area (Å²) in [6.07, 6.45) is 2.83. The van der Waals surface area contributed by atoms with Crippen LogP contribution in [-0.4, -0.2) is 25.1 Å². The number of hydrogen-bond donors (Lipinski definition) is 1. The molecule has 0 saturated heterocycles. The normalized spacial score (nSPS) is 17.5. The molecule has 0 aliphatic carbocycles. The molecule has 3 rings (SSSR count). The highest BCUT2D eigenvalue weighted by molar-refractivity contribution is 7.10. The number of thiophene rings is 1. The van der Waals surface area contributed by atoms with Crippen LogP contribution in [0.2, 0.25) is 5.02 Å². The van der Waals surface area contributed by atoms with Gasteiger partial charge in [0.2, 0.25) is 0 Å². The Kier molecular flexibility index (Phi) is 4.44. The Balaban J connectivity index is 2.01. The molecule has 0 radical (unpaired) electrons. The molecule has 0 unspecified atom stereocenters.